The third-order valence-corrected chi connectivity index (χ3v) is 6.09. The number of hydrogen-bond acceptors (Lipinski definition) is 3. The van der Waals surface area contributed by atoms with Gasteiger partial charge >= 0.3 is 0 Å². The quantitative estimate of drug-likeness (QED) is 0.800. The van der Waals surface area contributed by atoms with Crippen molar-refractivity contribution in [3.8, 4) is 12.3 Å². The topological polar surface area (TPSA) is 32.3 Å². The molecule has 2 aliphatic carbocycles. The normalized spacial score (nSPS) is 41.0. The molecule has 3 fully saturated rings. The summed E-state index contributed by atoms with van der Waals surface area (Å²) in [4.78, 5) is 13.0. The van der Waals surface area contributed by atoms with E-state index in [2.05, 4.69) is 11.3 Å². The van der Waals surface area contributed by atoms with Gasteiger partial charge in [-0.25, -0.2) is 19.2 Å². The Labute approximate surface area is 143 Å². The molecule has 3 rings (SSSR count). The lowest BCUT2D eigenvalue weighted by Gasteiger charge is -2.33. The van der Waals surface area contributed by atoms with E-state index in [-0.39, 0.29) is 29.6 Å². The Hall–Kier alpha value is -0.990. The van der Waals surface area contributed by atoms with Gasteiger partial charge in [-0.3, -0.25) is 4.79 Å². The van der Waals surface area contributed by atoms with Gasteiger partial charge in [-0.15, -0.1) is 6.42 Å². The maximum atomic E-state index is 13.9. The Morgan fingerprint density at radius 2 is 1.88 bits per heavy atom. The zero-order chi connectivity index (χ0) is 17.1. The van der Waals surface area contributed by atoms with Crippen LogP contribution in [0.15, 0.2) is 0 Å². The van der Waals surface area contributed by atoms with E-state index in [1.165, 1.54) is 0 Å². The van der Waals surface area contributed by atoms with Crippen LogP contribution in [0.4, 0.5) is 8.78 Å². The first-order valence-corrected chi connectivity index (χ1v) is 9.35. The summed E-state index contributed by atoms with van der Waals surface area (Å²) in [5.41, 5.74) is 3.29. The molecule has 134 valence electrons. The summed E-state index contributed by atoms with van der Waals surface area (Å²) in [5.74, 6) is 3.09. The van der Waals surface area contributed by atoms with Gasteiger partial charge in [-0.2, -0.15) is 0 Å². The molecule has 4 atom stereocenters. The van der Waals surface area contributed by atoms with E-state index >= 15 is 0 Å². The largest absolute Gasteiger partial charge is 0.298 e. The number of hydrogen-bond donors (Lipinski definition) is 1. The van der Waals surface area contributed by atoms with Crippen LogP contribution in [-0.2, 0) is 4.79 Å². The Morgan fingerprint density at radius 1 is 1.12 bits per heavy atom. The van der Waals surface area contributed by atoms with E-state index in [1.54, 1.807) is 0 Å². The fraction of sp³-hybridized carbons (Fsp3) is 0.842. The fourth-order valence-electron chi connectivity index (χ4n) is 4.77. The predicted molar refractivity (Wildman–Crippen MR) is 89.5 cm³/mol. The molecule has 24 heavy (non-hydrogen) atoms. The zero-order valence-corrected chi connectivity index (χ0v) is 14.2. The number of halogens is 2. The molecule has 1 saturated heterocycles. The summed E-state index contributed by atoms with van der Waals surface area (Å²) in [6.45, 7) is 1.15. The van der Waals surface area contributed by atoms with E-state index in [0.717, 1.165) is 12.8 Å². The van der Waals surface area contributed by atoms with Gasteiger partial charge in [0.15, 0.2) is 5.78 Å². The SMILES string of the molecule is C#CCN1CC(C2CCCC(F)C2)C(C(=O)C2CCC(F)CC2)N1. The van der Waals surface area contributed by atoms with Crippen molar-refractivity contribution < 1.29 is 13.6 Å². The summed E-state index contributed by atoms with van der Waals surface area (Å²) >= 11 is 0. The number of alkyl halides is 2. The van der Waals surface area contributed by atoms with E-state index in [9.17, 15) is 13.6 Å². The van der Waals surface area contributed by atoms with E-state index < -0.39 is 12.3 Å². The monoisotopic (exact) mass is 338 g/mol. The molecule has 0 aromatic rings. The molecule has 0 spiro atoms. The Balaban J connectivity index is 1.69. The number of carbonyl (C=O) groups excluding carboxylic acids is 1. The lowest BCUT2D eigenvalue weighted by Crippen LogP contribution is -2.46. The van der Waals surface area contributed by atoms with Crippen LogP contribution >= 0.6 is 0 Å². The maximum Gasteiger partial charge on any atom is 0.154 e. The smallest absolute Gasteiger partial charge is 0.154 e. The molecule has 1 aliphatic heterocycles. The van der Waals surface area contributed by atoms with Crippen molar-refractivity contribution in [2.24, 2.45) is 17.8 Å². The molecule has 2 saturated carbocycles. The summed E-state index contributed by atoms with van der Waals surface area (Å²) in [6.07, 6.45) is 9.22. The second-order valence-electron chi connectivity index (χ2n) is 7.73. The standard InChI is InChI=1S/C19H28F2N2O/c1-2-10-23-12-17(14-4-3-5-16(21)11-14)18(22-23)19(24)13-6-8-15(20)9-7-13/h1,13-18,22H,3-12H2. The molecule has 0 aromatic heterocycles. The van der Waals surface area contributed by atoms with Crippen molar-refractivity contribution in [2.45, 2.75) is 69.8 Å². The average molecular weight is 338 g/mol. The van der Waals surface area contributed by atoms with Crippen molar-refractivity contribution in [3.05, 3.63) is 0 Å². The van der Waals surface area contributed by atoms with Crippen molar-refractivity contribution in [1.29, 1.82) is 0 Å². The lowest BCUT2D eigenvalue weighted by molar-refractivity contribution is -0.127. The minimum atomic E-state index is -0.759. The van der Waals surface area contributed by atoms with Gasteiger partial charge in [0.1, 0.15) is 12.3 Å². The molecule has 3 aliphatic rings. The minimum absolute atomic E-state index is 0.0625. The molecule has 3 nitrogen and oxygen atoms in total. The number of Topliss-reactive ketones (excluding diaryl/α,β-unsaturated/α-hetero) is 1. The average Bonchev–Trinajstić information content (AvgIpc) is 2.99. The van der Waals surface area contributed by atoms with Gasteiger partial charge in [0.2, 0.25) is 0 Å². The zero-order valence-electron chi connectivity index (χ0n) is 14.2. The summed E-state index contributed by atoms with van der Waals surface area (Å²) in [5, 5.41) is 1.93. The molecule has 1 N–H and O–H groups in total. The first-order valence-electron chi connectivity index (χ1n) is 9.35. The van der Waals surface area contributed by atoms with Gasteiger partial charge in [0, 0.05) is 12.5 Å². The van der Waals surface area contributed by atoms with Crippen LogP contribution in [0.5, 0.6) is 0 Å². The number of ketones is 1. The van der Waals surface area contributed by atoms with Crippen LogP contribution in [0.3, 0.4) is 0 Å². The van der Waals surface area contributed by atoms with Crippen LogP contribution in [0.25, 0.3) is 0 Å². The summed E-state index contributed by atoms with van der Waals surface area (Å²) < 4.78 is 27.2. The third-order valence-electron chi connectivity index (χ3n) is 6.09. The highest BCUT2D eigenvalue weighted by molar-refractivity contribution is 5.87. The summed E-state index contributed by atoms with van der Waals surface area (Å²) in [6, 6.07) is -0.283. The van der Waals surface area contributed by atoms with Gasteiger partial charge in [0.25, 0.3) is 0 Å². The predicted octanol–water partition coefficient (Wildman–Crippen LogP) is 3.05. The second-order valence-corrected chi connectivity index (χ2v) is 7.73. The first-order chi connectivity index (χ1) is 11.6. The van der Waals surface area contributed by atoms with Crippen molar-refractivity contribution in [1.82, 2.24) is 10.4 Å². The Morgan fingerprint density at radius 3 is 2.54 bits per heavy atom. The number of hydrazine groups is 1. The van der Waals surface area contributed by atoms with Crippen LogP contribution in [0.1, 0.15) is 51.4 Å². The molecule has 0 aromatic carbocycles. The van der Waals surface area contributed by atoms with Gasteiger partial charge < -0.3 is 0 Å². The highest BCUT2D eigenvalue weighted by atomic mass is 19.1. The highest BCUT2D eigenvalue weighted by Gasteiger charge is 2.44. The molecule has 5 heteroatoms. The van der Waals surface area contributed by atoms with E-state index in [4.69, 9.17) is 6.42 Å². The van der Waals surface area contributed by atoms with Crippen LogP contribution in [0.2, 0.25) is 0 Å². The molecular formula is C19H28F2N2O. The van der Waals surface area contributed by atoms with Crippen molar-refractivity contribution in [3.63, 3.8) is 0 Å². The number of terminal acetylenes is 1. The van der Waals surface area contributed by atoms with Gasteiger partial charge in [-0.05, 0) is 56.8 Å². The number of carbonyl (C=O) groups is 1. The van der Waals surface area contributed by atoms with Crippen molar-refractivity contribution in [2.75, 3.05) is 13.1 Å². The van der Waals surface area contributed by atoms with Crippen molar-refractivity contribution >= 4 is 5.78 Å². The van der Waals surface area contributed by atoms with Crippen LogP contribution in [-0.4, -0.2) is 42.3 Å². The van der Waals surface area contributed by atoms with Gasteiger partial charge in [-0.1, -0.05) is 12.3 Å². The van der Waals surface area contributed by atoms with E-state index in [1.807, 2.05) is 5.01 Å². The lowest BCUT2D eigenvalue weighted by atomic mass is 9.73. The number of nitrogens with zero attached hydrogens (tertiary/aromatic N) is 1. The third kappa shape index (κ3) is 3.97. The van der Waals surface area contributed by atoms with E-state index in [0.29, 0.717) is 51.6 Å². The summed E-state index contributed by atoms with van der Waals surface area (Å²) in [7, 11) is 0. The molecule has 0 radical (unpaired) electrons. The molecular weight excluding hydrogens is 310 g/mol. The maximum absolute atomic E-state index is 13.9. The Bertz CT molecular complexity index is 484. The van der Waals surface area contributed by atoms with Gasteiger partial charge in [0.05, 0.1) is 12.6 Å². The minimum Gasteiger partial charge on any atom is -0.298 e. The van der Waals surface area contributed by atoms with Crippen LogP contribution < -0.4 is 5.43 Å². The number of nitrogens with one attached hydrogen (secondary N) is 1. The number of rotatable bonds is 4. The molecule has 0 bridgehead atoms. The molecule has 1 heterocycles. The van der Waals surface area contributed by atoms with Crippen LogP contribution in [0, 0.1) is 30.1 Å². The molecule has 4 unspecified atom stereocenters. The first kappa shape index (κ1) is 17.8. The Kier molecular flexibility index (Phi) is 5.89. The fourth-order valence-corrected chi connectivity index (χ4v) is 4.77. The highest BCUT2D eigenvalue weighted by Crippen LogP contribution is 2.38. The second kappa shape index (κ2) is 7.93. The molecule has 0 amide bonds.